The zero-order valence-corrected chi connectivity index (χ0v) is 11.3. The van der Waals surface area contributed by atoms with Gasteiger partial charge in [0.25, 0.3) is 0 Å². The van der Waals surface area contributed by atoms with Crippen molar-refractivity contribution in [2.75, 3.05) is 13.2 Å². The first-order valence-electron chi connectivity index (χ1n) is 6.00. The third-order valence-corrected chi connectivity index (χ3v) is 2.76. The van der Waals surface area contributed by atoms with Crippen LogP contribution in [0.3, 0.4) is 0 Å². The van der Waals surface area contributed by atoms with E-state index in [1.165, 1.54) is 18.2 Å². The van der Waals surface area contributed by atoms with E-state index in [9.17, 15) is 4.79 Å². The molecule has 0 saturated carbocycles. The average Bonchev–Trinajstić information content (AvgIpc) is 2.44. The Bertz CT molecular complexity index is 584. The van der Waals surface area contributed by atoms with E-state index in [4.69, 9.17) is 26.2 Å². The van der Waals surface area contributed by atoms with Crippen LogP contribution in [-0.4, -0.2) is 24.3 Å². The minimum Gasteiger partial charge on any atom is -0.490 e. The molecule has 5 heteroatoms. The molecule has 0 unspecified atom stereocenters. The van der Waals surface area contributed by atoms with Gasteiger partial charge in [-0.15, -0.1) is 0 Å². The summed E-state index contributed by atoms with van der Waals surface area (Å²) in [6.07, 6.45) is 0. The van der Waals surface area contributed by atoms with Gasteiger partial charge in [0.2, 0.25) is 0 Å². The van der Waals surface area contributed by atoms with Crippen LogP contribution in [0.4, 0.5) is 0 Å². The summed E-state index contributed by atoms with van der Waals surface area (Å²) in [6, 6.07) is 13.7. The zero-order chi connectivity index (χ0) is 14.4. The molecule has 0 aliphatic rings. The maximum absolute atomic E-state index is 11.0. The molecule has 0 bridgehead atoms. The number of hydrogen-bond donors (Lipinski definition) is 1. The molecule has 0 amide bonds. The number of aromatic carboxylic acids is 1. The number of carboxylic acid groups (broad SMARTS) is 1. The van der Waals surface area contributed by atoms with Crippen molar-refractivity contribution in [2.24, 2.45) is 0 Å². The van der Waals surface area contributed by atoms with Gasteiger partial charge in [0.1, 0.15) is 30.3 Å². The van der Waals surface area contributed by atoms with Crippen LogP contribution >= 0.6 is 11.6 Å². The van der Waals surface area contributed by atoms with Crippen LogP contribution in [0.5, 0.6) is 11.5 Å². The van der Waals surface area contributed by atoms with E-state index in [1.807, 2.05) is 30.3 Å². The van der Waals surface area contributed by atoms with Crippen LogP contribution in [-0.2, 0) is 0 Å². The smallest absolute Gasteiger partial charge is 0.339 e. The molecule has 0 aromatic heterocycles. The highest BCUT2D eigenvalue weighted by Crippen LogP contribution is 2.23. The maximum Gasteiger partial charge on any atom is 0.339 e. The van der Waals surface area contributed by atoms with Gasteiger partial charge in [-0.05, 0) is 30.3 Å². The first-order valence-corrected chi connectivity index (χ1v) is 6.38. The number of rotatable bonds is 6. The predicted molar refractivity (Wildman–Crippen MR) is 75.8 cm³/mol. The highest BCUT2D eigenvalue weighted by atomic mass is 35.5. The molecule has 4 nitrogen and oxygen atoms in total. The molecule has 0 fully saturated rings. The summed E-state index contributed by atoms with van der Waals surface area (Å²) < 4.78 is 10.9. The Morgan fingerprint density at radius 1 is 1.05 bits per heavy atom. The minimum atomic E-state index is -1.05. The monoisotopic (exact) mass is 292 g/mol. The second kappa shape index (κ2) is 6.82. The summed E-state index contributed by atoms with van der Waals surface area (Å²) in [5.74, 6) is -0.0806. The van der Waals surface area contributed by atoms with E-state index >= 15 is 0 Å². The van der Waals surface area contributed by atoms with Gasteiger partial charge in [-0.3, -0.25) is 0 Å². The van der Waals surface area contributed by atoms with Crippen molar-refractivity contribution >= 4 is 17.6 Å². The molecule has 2 rings (SSSR count). The fraction of sp³-hybridized carbons (Fsp3) is 0.133. The van der Waals surface area contributed by atoms with Crippen molar-refractivity contribution in [3.8, 4) is 11.5 Å². The Kier molecular flexibility index (Phi) is 4.85. The summed E-state index contributed by atoms with van der Waals surface area (Å²) in [6.45, 7) is 0.547. The zero-order valence-electron chi connectivity index (χ0n) is 10.6. The summed E-state index contributed by atoms with van der Waals surface area (Å²) in [4.78, 5) is 11.0. The van der Waals surface area contributed by atoms with Crippen LogP contribution in [0.25, 0.3) is 0 Å². The Hall–Kier alpha value is -2.20. The molecular weight excluding hydrogens is 280 g/mol. The first-order chi connectivity index (χ1) is 9.66. The molecule has 0 radical (unpaired) electrons. The predicted octanol–water partition coefficient (Wildman–Crippen LogP) is 3.50. The summed E-state index contributed by atoms with van der Waals surface area (Å²) in [7, 11) is 0. The van der Waals surface area contributed by atoms with Gasteiger partial charge < -0.3 is 14.6 Å². The highest BCUT2D eigenvalue weighted by Gasteiger charge is 2.11. The molecular formula is C15H13ClO4. The van der Waals surface area contributed by atoms with Gasteiger partial charge in [0.05, 0.1) is 0 Å². The van der Waals surface area contributed by atoms with Crippen molar-refractivity contribution in [1.82, 2.24) is 0 Å². The third kappa shape index (κ3) is 3.90. The molecule has 20 heavy (non-hydrogen) atoms. The average molecular weight is 293 g/mol. The van der Waals surface area contributed by atoms with Crippen LogP contribution in [0, 0.1) is 0 Å². The molecule has 2 aromatic rings. The summed E-state index contributed by atoms with van der Waals surface area (Å²) in [5.41, 5.74) is 0.0779. The van der Waals surface area contributed by atoms with Crippen LogP contribution < -0.4 is 9.47 Å². The van der Waals surface area contributed by atoms with E-state index in [2.05, 4.69) is 0 Å². The third-order valence-electron chi connectivity index (χ3n) is 2.53. The fourth-order valence-corrected chi connectivity index (χ4v) is 1.78. The van der Waals surface area contributed by atoms with E-state index in [-0.39, 0.29) is 17.9 Å². The molecule has 0 aliphatic carbocycles. The largest absolute Gasteiger partial charge is 0.490 e. The molecule has 0 spiro atoms. The number of ether oxygens (including phenoxy) is 2. The highest BCUT2D eigenvalue weighted by molar-refractivity contribution is 6.30. The lowest BCUT2D eigenvalue weighted by Gasteiger charge is -2.10. The Morgan fingerprint density at radius 3 is 2.45 bits per heavy atom. The maximum atomic E-state index is 11.0. The Labute approximate surface area is 121 Å². The number of para-hydroxylation sites is 1. The van der Waals surface area contributed by atoms with Crippen LogP contribution in [0.2, 0.25) is 5.02 Å². The van der Waals surface area contributed by atoms with Crippen LogP contribution in [0.15, 0.2) is 48.5 Å². The van der Waals surface area contributed by atoms with E-state index in [0.29, 0.717) is 11.6 Å². The second-order valence-electron chi connectivity index (χ2n) is 3.96. The quantitative estimate of drug-likeness (QED) is 0.828. The second-order valence-corrected chi connectivity index (χ2v) is 4.39. The van der Waals surface area contributed by atoms with Crippen molar-refractivity contribution in [3.63, 3.8) is 0 Å². The lowest BCUT2D eigenvalue weighted by atomic mass is 10.2. The van der Waals surface area contributed by atoms with Crippen molar-refractivity contribution in [3.05, 3.63) is 59.1 Å². The standard InChI is InChI=1S/C15H13ClO4/c16-11-6-7-13(15(17)18)14(10-11)20-9-8-19-12-4-2-1-3-5-12/h1-7,10H,8-9H2,(H,17,18). The first kappa shape index (κ1) is 14.2. The van der Waals surface area contributed by atoms with Gasteiger partial charge >= 0.3 is 5.97 Å². The van der Waals surface area contributed by atoms with Crippen LogP contribution in [0.1, 0.15) is 10.4 Å². The molecule has 0 saturated heterocycles. The van der Waals surface area contributed by atoms with Gasteiger partial charge in [-0.1, -0.05) is 29.8 Å². The van der Waals surface area contributed by atoms with Gasteiger partial charge in [0.15, 0.2) is 0 Å². The van der Waals surface area contributed by atoms with Crippen molar-refractivity contribution in [1.29, 1.82) is 0 Å². The number of halogens is 1. The number of benzene rings is 2. The van der Waals surface area contributed by atoms with E-state index < -0.39 is 5.97 Å². The van der Waals surface area contributed by atoms with Crippen molar-refractivity contribution in [2.45, 2.75) is 0 Å². The fourth-order valence-electron chi connectivity index (χ4n) is 1.62. The Morgan fingerprint density at radius 2 is 1.75 bits per heavy atom. The molecule has 2 aromatic carbocycles. The lowest BCUT2D eigenvalue weighted by Crippen LogP contribution is -2.11. The normalized spacial score (nSPS) is 10.1. The topological polar surface area (TPSA) is 55.8 Å². The molecule has 104 valence electrons. The number of carbonyl (C=O) groups is 1. The molecule has 0 aliphatic heterocycles. The van der Waals surface area contributed by atoms with Crippen molar-refractivity contribution < 1.29 is 19.4 Å². The Balaban J connectivity index is 1.91. The molecule has 1 N–H and O–H groups in total. The van der Waals surface area contributed by atoms with Gasteiger partial charge in [-0.2, -0.15) is 0 Å². The van der Waals surface area contributed by atoms with Gasteiger partial charge in [-0.25, -0.2) is 4.79 Å². The molecule has 0 heterocycles. The number of hydrogen-bond acceptors (Lipinski definition) is 3. The molecule has 0 atom stereocenters. The minimum absolute atomic E-state index is 0.0779. The SMILES string of the molecule is O=C(O)c1ccc(Cl)cc1OCCOc1ccccc1. The van der Waals surface area contributed by atoms with Gasteiger partial charge in [0, 0.05) is 5.02 Å². The van der Waals surface area contributed by atoms with E-state index in [1.54, 1.807) is 0 Å². The summed E-state index contributed by atoms with van der Waals surface area (Å²) in [5, 5.41) is 9.46. The number of carboxylic acids is 1. The van der Waals surface area contributed by atoms with E-state index in [0.717, 1.165) is 5.75 Å². The summed E-state index contributed by atoms with van der Waals surface area (Å²) >= 11 is 5.83. The lowest BCUT2D eigenvalue weighted by molar-refractivity contribution is 0.0691.